The molecule has 1 atom stereocenters. The highest BCUT2D eigenvalue weighted by atomic mass is 19.1. The van der Waals surface area contributed by atoms with Gasteiger partial charge in [0.05, 0.1) is 11.0 Å². The molecule has 0 bridgehead atoms. The molecule has 0 unspecified atom stereocenters. The first-order chi connectivity index (χ1) is 11.2. The first-order valence-corrected chi connectivity index (χ1v) is 8.13. The number of hydrogen-bond donors (Lipinski definition) is 1. The molecule has 0 saturated carbocycles. The van der Waals surface area contributed by atoms with Crippen LogP contribution in [0.4, 0.5) is 10.1 Å². The second kappa shape index (κ2) is 7.33. The van der Waals surface area contributed by atoms with Gasteiger partial charge in [0.1, 0.15) is 5.82 Å². The molecule has 2 heterocycles. The molecule has 0 radical (unpaired) electrons. The third-order valence-corrected chi connectivity index (χ3v) is 4.77. The molecule has 0 amide bonds. The second-order valence-corrected chi connectivity index (χ2v) is 6.14. The van der Waals surface area contributed by atoms with Gasteiger partial charge in [0.2, 0.25) is 0 Å². The molecule has 3 rings (SSSR count). The van der Waals surface area contributed by atoms with Gasteiger partial charge in [0.25, 0.3) is 5.69 Å². The van der Waals surface area contributed by atoms with Crippen molar-refractivity contribution in [3.05, 3.63) is 39.7 Å². The third kappa shape index (κ3) is 3.68. The van der Waals surface area contributed by atoms with Crippen molar-refractivity contribution < 1.29 is 14.1 Å². The average molecular weight is 323 g/mol. The van der Waals surface area contributed by atoms with Crippen LogP contribution in [0.25, 0.3) is 0 Å². The SMILES string of the molecule is O=[N+]([O-])c1cc(F)ccc1[C@@H](C1CCOCC1)N1CCNCC1. The van der Waals surface area contributed by atoms with E-state index >= 15 is 0 Å². The van der Waals surface area contributed by atoms with Gasteiger partial charge in [-0.15, -0.1) is 0 Å². The number of nitrogens with zero attached hydrogens (tertiary/aromatic N) is 2. The summed E-state index contributed by atoms with van der Waals surface area (Å²) in [6.45, 7) is 4.79. The van der Waals surface area contributed by atoms with E-state index in [0.717, 1.165) is 45.1 Å². The quantitative estimate of drug-likeness (QED) is 0.679. The largest absolute Gasteiger partial charge is 0.381 e. The van der Waals surface area contributed by atoms with Crippen LogP contribution in [-0.2, 0) is 4.74 Å². The van der Waals surface area contributed by atoms with Gasteiger partial charge in [0.15, 0.2) is 0 Å². The Balaban J connectivity index is 1.98. The molecule has 2 aliphatic rings. The van der Waals surface area contributed by atoms with Crippen molar-refractivity contribution in [2.24, 2.45) is 5.92 Å². The van der Waals surface area contributed by atoms with Crippen LogP contribution in [0.1, 0.15) is 24.4 Å². The van der Waals surface area contributed by atoms with Gasteiger partial charge in [-0.1, -0.05) is 0 Å². The molecule has 2 fully saturated rings. The molecule has 0 spiro atoms. The van der Waals surface area contributed by atoms with Crippen LogP contribution in [0.2, 0.25) is 0 Å². The number of nitro groups is 1. The van der Waals surface area contributed by atoms with Gasteiger partial charge >= 0.3 is 0 Å². The summed E-state index contributed by atoms with van der Waals surface area (Å²) in [7, 11) is 0. The van der Waals surface area contributed by atoms with E-state index in [-0.39, 0.29) is 11.7 Å². The normalized spacial score (nSPS) is 22.0. The third-order valence-electron chi connectivity index (χ3n) is 4.77. The highest BCUT2D eigenvalue weighted by Crippen LogP contribution is 2.39. The zero-order chi connectivity index (χ0) is 16.2. The molecule has 7 heteroatoms. The molecular formula is C16H22FN3O3. The average Bonchev–Trinajstić information content (AvgIpc) is 2.58. The summed E-state index contributed by atoms with van der Waals surface area (Å²) >= 11 is 0. The number of benzene rings is 1. The van der Waals surface area contributed by atoms with E-state index in [1.807, 2.05) is 0 Å². The fourth-order valence-electron chi connectivity index (χ4n) is 3.67. The van der Waals surface area contributed by atoms with Crippen LogP contribution < -0.4 is 5.32 Å². The minimum Gasteiger partial charge on any atom is -0.381 e. The van der Waals surface area contributed by atoms with Gasteiger partial charge in [-0.05, 0) is 30.9 Å². The van der Waals surface area contributed by atoms with Crippen LogP contribution in [0.3, 0.4) is 0 Å². The lowest BCUT2D eigenvalue weighted by molar-refractivity contribution is -0.386. The predicted octanol–water partition coefficient (Wildman–Crippen LogP) is 2.11. The van der Waals surface area contributed by atoms with Gasteiger partial charge in [-0.2, -0.15) is 0 Å². The van der Waals surface area contributed by atoms with Crippen molar-refractivity contribution in [2.75, 3.05) is 39.4 Å². The Morgan fingerprint density at radius 1 is 1.30 bits per heavy atom. The van der Waals surface area contributed by atoms with E-state index < -0.39 is 10.7 Å². The summed E-state index contributed by atoms with van der Waals surface area (Å²) in [5.74, 6) is -0.266. The molecule has 0 aliphatic carbocycles. The number of nitrogens with one attached hydrogen (secondary N) is 1. The summed E-state index contributed by atoms with van der Waals surface area (Å²) in [5.41, 5.74) is 0.519. The van der Waals surface area contributed by atoms with E-state index in [1.54, 1.807) is 6.07 Å². The molecule has 1 aromatic rings. The molecular weight excluding hydrogens is 301 g/mol. The minimum absolute atomic E-state index is 0.0537. The van der Waals surface area contributed by atoms with Crippen molar-refractivity contribution in [3.63, 3.8) is 0 Å². The lowest BCUT2D eigenvalue weighted by Crippen LogP contribution is -2.47. The monoisotopic (exact) mass is 323 g/mol. The van der Waals surface area contributed by atoms with E-state index in [2.05, 4.69) is 10.2 Å². The standard InChI is InChI=1S/C16H22FN3O3/c17-13-1-2-14(15(11-13)20(21)22)16(12-3-9-23-10-4-12)19-7-5-18-6-8-19/h1-2,11-12,16,18H,3-10H2/t16-/m1/s1. The summed E-state index contributed by atoms with van der Waals surface area (Å²) in [6, 6.07) is 3.91. The maximum absolute atomic E-state index is 13.5. The lowest BCUT2D eigenvalue weighted by Gasteiger charge is -2.40. The highest BCUT2D eigenvalue weighted by molar-refractivity contribution is 5.43. The molecule has 2 saturated heterocycles. The fraction of sp³-hybridized carbons (Fsp3) is 0.625. The van der Waals surface area contributed by atoms with Crippen LogP contribution in [0.15, 0.2) is 18.2 Å². The van der Waals surface area contributed by atoms with E-state index in [9.17, 15) is 14.5 Å². The van der Waals surface area contributed by atoms with Crippen molar-refractivity contribution in [2.45, 2.75) is 18.9 Å². The first kappa shape index (κ1) is 16.3. The van der Waals surface area contributed by atoms with Crippen molar-refractivity contribution in [3.8, 4) is 0 Å². The maximum atomic E-state index is 13.5. The van der Waals surface area contributed by atoms with Crippen LogP contribution in [0.5, 0.6) is 0 Å². The number of ether oxygens (including phenoxy) is 1. The Hall–Kier alpha value is -1.57. The predicted molar refractivity (Wildman–Crippen MR) is 83.8 cm³/mol. The number of halogens is 1. The summed E-state index contributed by atoms with van der Waals surface area (Å²) in [4.78, 5) is 13.3. The van der Waals surface area contributed by atoms with Crippen molar-refractivity contribution >= 4 is 5.69 Å². The van der Waals surface area contributed by atoms with E-state index in [0.29, 0.717) is 24.7 Å². The lowest BCUT2D eigenvalue weighted by atomic mass is 9.85. The Kier molecular flexibility index (Phi) is 5.20. The zero-order valence-electron chi connectivity index (χ0n) is 13.0. The summed E-state index contributed by atoms with van der Waals surface area (Å²) in [5, 5.41) is 14.7. The van der Waals surface area contributed by atoms with E-state index in [1.165, 1.54) is 6.07 Å². The summed E-state index contributed by atoms with van der Waals surface area (Å²) in [6.07, 6.45) is 1.76. The fourth-order valence-corrected chi connectivity index (χ4v) is 3.67. The van der Waals surface area contributed by atoms with Crippen LogP contribution >= 0.6 is 0 Å². The van der Waals surface area contributed by atoms with Gasteiger partial charge in [-0.25, -0.2) is 4.39 Å². The molecule has 23 heavy (non-hydrogen) atoms. The zero-order valence-corrected chi connectivity index (χ0v) is 13.0. The Labute approximate surface area is 134 Å². The smallest absolute Gasteiger partial charge is 0.277 e. The Morgan fingerprint density at radius 3 is 2.65 bits per heavy atom. The van der Waals surface area contributed by atoms with Crippen molar-refractivity contribution in [1.29, 1.82) is 0 Å². The van der Waals surface area contributed by atoms with Crippen LogP contribution in [-0.4, -0.2) is 49.2 Å². The second-order valence-electron chi connectivity index (χ2n) is 6.14. The molecule has 126 valence electrons. The summed E-state index contributed by atoms with van der Waals surface area (Å²) < 4.78 is 19.0. The first-order valence-electron chi connectivity index (χ1n) is 8.13. The minimum atomic E-state index is -0.563. The number of hydrogen-bond acceptors (Lipinski definition) is 5. The topological polar surface area (TPSA) is 67.6 Å². The highest BCUT2D eigenvalue weighted by Gasteiger charge is 2.35. The molecule has 2 aliphatic heterocycles. The van der Waals surface area contributed by atoms with Gasteiger partial charge in [-0.3, -0.25) is 15.0 Å². The molecule has 0 aromatic heterocycles. The van der Waals surface area contributed by atoms with Crippen molar-refractivity contribution in [1.82, 2.24) is 10.2 Å². The van der Waals surface area contributed by atoms with Gasteiger partial charge < -0.3 is 10.1 Å². The molecule has 6 nitrogen and oxygen atoms in total. The Morgan fingerprint density at radius 2 is 2.00 bits per heavy atom. The molecule has 1 N–H and O–H groups in total. The van der Waals surface area contributed by atoms with Gasteiger partial charge in [0, 0.05) is 51.0 Å². The number of rotatable bonds is 4. The Bertz CT molecular complexity index is 540. The maximum Gasteiger partial charge on any atom is 0.277 e. The van der Waals surface area contributed by atoms with Crippen LogP contribution in [0, 0.1) is 21.8 Å². The number of nitro benzene ring substituents is 1. The number of piperazine rings is 1. The van der Waals surface area contributed by atoms with E-state index in [4.69, 9.17) is 4.74 Å². The molecule has 1 aromatic carbocycles.